The number of morpholine rings is 1. The summed E-state index contributed by atoms with van der Waals surface area (Å²) < 4.78 is 12.1. The number of rotatable bonds is 3. The molecule has 160 valence electrons. The molecule has 2 fully saturated rings. The first-order valence-electron chi connectivity index (χ1n) is 11.4. The second-order valence-corrected chi connectivity index (χ2v) is 8.95. The van der Waals surface area contributed by atoms with Crippen molar-refractivity contribution in [3.8, 4) is 5.75 Å². The third-order valence-corrected chi connectivity index (χ3v) is 7.02. The highest BCUT2D eigenvalue weighted by molar-refractivity contribution is 5.91. The summed E-state index contributed by atoms with van der Waals surface area (Å²) in [5.74, 6) is 1.91. The lowest BCUT2D eigenvalue weighted by Gasteiger charge is -2.40. The predicted octanol–water partition coefficient (Wildman–Crippen LogP) is 4.71. The molecule has 1 saturated carbocycles. The van der Waals surface area contributed by atoms with Crippen molar-refractivity contribution >= 4 is 22.4 Å². The summed E-state index contributed by atoms with van der Waals surface area (Å²) in [5.41, 5.74) is 3.34. The number of ether oxygens (including phenoxy) is 2. The molecule has 2 aliphatic heterocycles. The quantitative estimate of drug-likeness (QED) is 0.667. The van der Waals surface area contributed by atoms with Crippen LogP contribution in [0.1, 0.15) is 43.7 Å². The van der Waals surface area contributed by atoms with E-state index >= 15 is 0 Å². The Kier molecular flexibility index (Phi) is 4.68. The highest BCUT2D eigenvalue weighted by Crippen LogP contribution is 2.48. The zero-order valence-electron chi connectivity index (χ0n) is 17.7. The van der Waals surface area contributed by atoms with Gasteiger partial charge in [-0.25, -0.2) is 9.97 Å². The largest absolute Gasteiger partial charge is 0.487 e. The zero-order chi connectivity index (χ0) is 20.7. The van der Waals surface area contributed by atoms with Crippen molar-refractivity contribution in [2.45, 2.75) is 43.7 Å². The molecule has 1 N–H and O–H groups in total. The Morgan fingerprint density at radius 2 is 1.84 bits per heavy atom. The first kappa shape index (κ1) is 18.9. The van der Waals surface area contributed by atoms with Crippen molar-refractivity contribution in [3.63, 3.8) is 0 Å². The van der Waals surface area contributed by atoms with Crippen LogP contribution in [0.15, 0.2) is 48.8 Å². The Balaban J connectivity index is 1.37. The van der Waals surface area contributed by atoms with Crippen LogP contribution in [0.4, 0.5) is 11.5 Å². The average Bonchev–Trinajstić information content (AvgIpc) is 3.27. The lowest BCUT2D eigenvalue weighted by atomic mass is 9.86. The van der Waals surface area contributed by atoms with E-state index in [-0.39, 0.29) is 11.6 Å². The molecule has 6 nitrogen and oxygen atoms in total. The van der Waals surface area contributed by atoms with Crippen molar-refractivity contribution in [3.05, 3.63) is 54.4 Å². The van der Waals surface area contributed by atoms with Gasteiger partial charge in [0, 0.05) is 36.1 Å². The monoisotopic (exact) mass is 416 g/mol. The van der Waals surface area contributed by atoms with E-state index in [4.69, 9.17) is 9.47 Å². The molecule has 0 amide bonds. The molecule has 3 heterocycles. The molecule has 1 atom stereocenters. The van der Waals surface area contributed by atoms with Crippen molar-refractivity contribution in [1.29, 1.82) is 0 Å². The summed E-state index contributed by atoms with van der Waals surface area (Å²) in [5, 5.41) is 4.85. The van der Waals surface area contributed by atoms with Crippen molar-refractivity contribution in [1.82, 2.24) is 9.97 Å². The smallest absolute Gasteiger partial charge is 0.137 e. The van der Waals surface area contributed by atoms with E-state index in [1.165, 1.54) is 24.1 Å². The first-order valence-corrected chi connectivity index (χ1v) is 11.4. The number of nitrogens with one attached hydrogen (secondary N) is 1. The second-order valence-electron chi connectivity index (χ2n) is 8.95. The van der Waals surface area contributed by atoms with E-state index in [1.807, 2.05) is 0 Å². The molecule has 3 aromatic rings. The molecule has 1 spiro atoms. The topological polar surface area (TPSA) is 59.5 Å². The molecule has 0 radical (unpaired) electrons. The molecule has 1 aromatic heterocycles. The molecule has 31 heavy (non-hydrogen) atoms. The summed E-state index contributed by atoms with van der Waals surface area (Å²) in [6.45, 7) is 3.38. The molecule has 6 rings (SSSR count). The number of hydrogen-bond acceptors (Lipinski definition) is 6. The van der Waals surface area contributed by atoms with Crippen LogP contribution < -0.4 is 15.0 Å². The fourth-order valence-electron chi connectivity index (χ4n) is 5.42. The number of nitrogens with zero attached hydrogens (tertiary/aromatic N) is 3. The Morgan fingerprint density at radius 3 is 2.71 bits per heavy atom. The minimum absolute atomic E-state index is 0.0478. The predicted molar refractivity (Wildman–Crippen MR) is 122 cm³/mol. The van der Waals surface area contributed by atoms with E-state index in [0.717, 1.165) is 68.0 Å². The number of fused-ring (bicyclic) bond motifs is 2. The van der Waals surface area contributed by atoms with Gasteiger partial charge < -0.3 is 19.7 Å². The number of anilines is 2. The zero-order valence-corrected chi connectivity index (χ0v) is 17.7. The summed E-state index contributed by atoms with van der Waals surface area (Å²) in [4.78, 5) is 11.6. The van der Waals surface area contributed by atoms with Gasteiger partial charge in [-0.3, -0.25) is 0 Å². The fourth-order valence-corrected chi connectivity index (χ4v) is 5.42. The van der Waals surface area contributed by atoms with Crippen LogP contribution in [0.3, 0.4) is 0 Å². The van der Waals surface area contributed by atoms with Gasteiger partial charge >= 0.3 is 0 Å². The SMILES string of the molecule is c1ccc2c(c1)OC1(CCCC1)CC2Nc1ncnc2ccc(N3CCOCC3)cc12. The van der Waals surface area contributed by atoms with Gasteiger partial charge in [-0.1, -0.05) is 18.2 Å². The van der Waals surface area contributed by atoms with Crippen LogP contribution in [0.5, 0.6) is 5.75 Å². The number of benzene rings is 2. The van der Waals surface area contributed by atoms with Gasteiger partial charge in [0.15, 0.2) is 0 Å². The van der Waals surface area contributed by atoms with Crippen LogP contribution in [-0.4, -0.2) is 41.9 Å². The Morgan fingerprint density at radius 1 is 1.00 bits per heavy atom. The number of para-hydroxylation sites is 1. The number of hydrogen-bond donors (Lipinski definition) is 1. The van der Waals surface area contributed by atoms with Crippen LogP contribution >= 0.6 is 0 Å². The molecule has 6 heteroatoms. The third-order valence-electron chi connectivity index (χ3n) is 7.02. The molecule has 1 saturated heterocycles. The van der Waals surface area contributed by atoms with Gasteiger partial charge in [0.1, 0.15) is 23.5 Å². The lowest BCUT2D eigenvalue weighted by Crippen LogP contribution is -2.40. The Bertz CT molecular complexity index is 1090. The van der Waals surface area contributed by atoms with Crippen molar-refractivity contribution in [2.75, 3.05) is 36.5 Å². The normalized spacial score (nSPS) is 22.3. The highest BCUT2D eigenvalue weighted by Gasteiger charge is 2.43. The van der Waals surface area contributed by atoms with E-state index in [2.05, 4.69) is 62.6 Å². The van der Waals surface area contributed by atoms with Gasteiger partial charge in [0.05, 0.1) is 24.8 Å². The summed E-state index contributed by atoms with van der Waals surface area (Å²) >= 11 is 0. The number of aromatic nitrogens is 2. The van der Waals surface area contributed by atoms with Gasteiger partial charge in [-0.05, 0) is 49.9 Å². The summed E-state index contributed by atoms with van der Waals surface area (Å²) in [7, 11) is 0. The van der Waals surface area contributed by atoms with E-state index < -0.39 is 0 Å². The average molecular weight is 417 g/mol. The minimum Gasteiger partial charge on any atom is -0.487 e. The Hall–Kier alpha value is -2.86. The molecule has 1 unspecified atom stereocenters. The van der Waals surface area contributed by atoms with Crippen molar-refractivity contribution < 1.29 is 9.47 Å². The molecular formula is C25H28N4O2. The van der Waals surface area contributed by atoms with Crippen molar-refractivity contribution in [2.24, 2.45) is 0 Å². The van der Waals surface area contributed by atoms with Crippen LogP contribution in [0, 0.1) is 0 Å². The van der Waals surface area contributed by atoms with E-state index in [0.29, 0.717) is 0 Å². The highest BCUT2D eigenvalue weighted by atomic mass is 16.5. The summed E-state index contributed by atoms with van der Waals surface area (Å²) in [6, 6.07) is 15.1. The minimum atomic E-state index is -0.0478. The van der Waals surface area contributed by atoms with Crippen LogP contribution in [0.25, 0.3) is 10.9 Å². The maximum atomic E-state index is 6.54. The third kappa shape index (κ3) is 3.49. The molecule has 1 aliphatic carbocycles. The maximum Gasteiger partial charge on any atom is 0.137 e. The van der Waals surface area contributed by atoms with Gasteiger partial charge in [-0.15, -0.1) is 0 Å². The molecule has 0 bridgehead atoms. The summed E-state index contributed by atoms with van der Waals surface area (Å²) in [6.07, 6.45) is 7.38. The van der Waals surface area contributed by atoms with E-state index in [9.17, 15) is 0 Å². The van der Waals surface area contributed by atoms with Crippen LogP contribution in [0.2, 0.25) is 0 Å². The Labute approximate surface area is 182 Å². The molecular weight excluding hydrogens is 388 g/mol. The molecule has 2 aromatic carbocycles. The van der Waals surface area contributed by atoms with Crippen LogP contribution in [-0.2, 0) is 4.74 Å². The van der Waals surface area contributed by atoms with Gasteiger partial charge in [0.25, 0.3) is 0 Å². The van der Waals surface area contributed by atoms with E-state index in [1.54, 1.807) is 6.33 Å². The molecule has 3 aliphatic rings. The lowest BCUT2D eigenvalue weighted by molar-refractivity contribution is 0.0453. The standard InChI is InChI=1S/C25H28N4O2/c1-2-6-23-19(5-1)22(16-25(31-23)9-3-4-10-25)28-24-20-15-18(29-11-13-30-14-12-29)7-8-21(20)26-17-27-24/h1-2,5-8,15,17,22H,3-4,9-14,16H2,(H,26,27,28). The second kappa shape index (κ2) is 7.68. The van der Waals surface area contributed by atoms with Gasteiger partial charge in [-0.2, -0.15) is 0 Å². The maximum absolute atomic E-state index is 6.54. The first-order chi connectivity index (χ1) is 15.3. The van der Waals surface area contributed by atoms with Gasteiger partial charge in [0.2, 0.25) is 0 Å². The fraction of sp³-hybridized carbons (Fsp3) is 0.440.